The van der Waals surface area contributed by atoms with Crippen LogP contribution in [0.15, 0.2) is 221 Å². The third-order valence-corrected chi connectivity index (χ3v) is 15.5. The molecule has 0 fully saturated rings. The predicted molar refractivity (Wildman–Crippen MR) is 276 cm³/mol. The predicted octanol–water partition coefficient (Wildman–Crippen LogP) is 16.4. The Kier molecular flexibility index (Phi) is 7.80. The maximum absolute atomic E-state index is 6.35. The summed E-state index contributed by atoms with van der Waals surface area (Å²) in [6.45, 7) is 0. The van der Waals surface area contributed by atoms with Crippen molar-refractivity contribution in [3.63, 3.8) is 0 Å². The first-order valence-electron chi connectivity index (χ1n) is 22.9. The summed E-state index contributed by atoms with van der Waals surface area (Å²) in [6, 6.07) is 75.5. The Labute approximate surface area is 394 Å². The standard InChI is InChI=1S/C62H35N3O2S/c1-2-14-37(15-3-1)57-55(56-58(68-57)47-20-6-11-23-50(47)62(56)48-21-9-4-16-41(48)42-17-5-10-22-49(42)62)36-26-28-38(29-27-36)59-63-60(39-30-32-45-43-18-7-12-24-51(43)66-53(45)34-39)65-61(64-59)40-31-33-46-44-19-8-13-25-52(44)67-54(46)35-40/h1-35H. The zero-order chi connectivity index (χ0) is 44.5. The van der Waals surface area contributed by atoms with E-state index in [0.29, 0.717) is 17.5 Å². The van der Waals surface area contributed by atoms with Crippen LogP contribution in [0.25, 0.3) is 121 Å². The number of hydrogen-bond acceptors (Lipinski definition) is 6. The van der Waals surface area contributed by atoms with Crippen LogP contribution < -0.4 is 0 Å². The van der Waals surface area contributed by atoms with Gasteiger partial charge in [-0.25, -0.2) is 15.0 Å². The first-order valence-corrected chi connectivity index (χ1v) is 23.7. The molecule has 4 heterocycles. The lowest BCUT2D eigenvalue weighted by Crippen LogP contribution is -2.26. The normalized spacial score (nSPS) is 13.1. The van der Waals surface area contributed by atoms with E-state index in [2.05, 4.69) is 164 Å². The Morgan fingerprint density at radius 3 is 1.32 bits per heavy atom. The highest BCUT2D eigenvalue weighted by Gasteiger charge is 2.54. The topological polar surface area (TPSA) is 65.0 Å². The highest BCUT2D eigenvalue weighted by atomic mass is 32.1. The molecule has 9 aromatic carbocycles. The van der Waals surface area contributed by atoms with Gasteiger partial charge in [0.05, 0.1) is 5.41 Å². The minimum atomic E-state index is -0.490. The van der Waals surface area contributed by atoms with Crippen LogP contribution >= 0.6 is 11.3 Å². The number of para-hydroxylation sites is 2. The van der Waals surface area contributed by atoms with Gasteiger partial charge in [0.25, 0.3) is 0 Å². The van der Waals surface area contributed by atoms with Gasteiger partial charge in [-0.3, -0.25) is 0 Å². The van der Waals surface area contributed by atoms with E-state index < -0.39 is 5.41 Å². The van der Waals surface area contributed by atoms with Crippen molar-refractivity contribution < 1.29 is 8.83 Å². The fourth-order valence-corrected chi connectivity index (χ4v) is 12.7. The Morgan fingerprint density at radius 1 is 0.324 bits per heavy atom. The van der Waals surface area contributed by atoms with E-state index in [1.54, 1.807) is 0 Å². The molecule has 13 aromatic rings. The number of furan rings is 2. The van der Waals surface area contributed by atoms with Crippen molar-refractivity contribution in [3.8, 4) is 77.3 Å². The zero-order valence-corrected chi connectivity index (χ0v) is 37.1. The van der Waals surface area contributed by atoms with Gasteiger partial charge >= 0.3 is 0 Å². The van der Waals surface area contributed by atoms with Gasteiger partial charge in [0.1, 0.15) is 22.3 Å². The van der Waals surface area contributed by atoms with E-state index in [1.807, 2.05) is 59.9 Å². The number of thiophene rings is 1. The maximum atomic E-state index is 6.35. The summed E-state index contributed by atoms with van der Waals surface area (Å²) in [5.74, 6) is 1.69. The monoisotopic (exact) mass is 885 g/mol. The van der Waals surface area contributed by atoms with E-state index in [-0.39, 0.29) is 0 Å². The van der Waals surface area contributed by atoms with Crippen molar-refractivity contribution in [1.29, 1.82) is 0 Å². The van der Waals surface area contributed by atoms with E-state index in [1.165, 1.54) is 59.8 Å². The number of hydrogen-bond donors (Lipinski definition) is 0. The molecule has 0 aliphatic heterocycles. The molecule has 15 rings (SSSR count). The fraction of sp³-hybridized carbons (Fsp3) is 0.0161. The number of nitrogens with zero attached hydrogens (tertiary/aromatic N) is 3. The first-order chi connectivity index (χ1) is 33.7. The lowest BCUT2D eigenvalue weighted by Gasteiger charge is -2.31. The van der Waals surface area contributed by atoms with Crippen LogP contribution in [-0.2, 0) is 5.41 Å². The van der Waals surface area contributed by atoms with Gasteiger partial charge in [-0.05, 0) is 86.5 Å². The minimum Gasteiger partial charge on any atom is -0.456 e. The zero-order valence-electron chi connectivity index (χ0n) is 36.3. The molecule has 0 saturated heterocycles. The Balaban J connectivity index is 0.930. The molecule has 4 aromatic heterocycles. The van der Waals surface area contributed by atoms with E-state index >= 15 is 0 Å². The Bertz CT molecular complexity index is 4040. The lowest BCUT2D eigenvalue weighted by atomic mass is 9.69. The van der Waals surface area contributed by atoms with Gasteiger partial charge < -0.3 is 8.83 Å². The number of fused-ring (bicyclic) bond motifs is 16. The van der Waals surface area contributed by atoms with Gasteiger partial charge in [0, 0.05) is 53.6 Å². The molecular formula is C62H35N3O2S. The Hall–Kier alpha value is -8.71. The first kappa shape index (κ1) is 37.5. The summed E-state index contributed by atoms with van der Waals surface area (Å²) >= 11 is 1.90. The van der Waals surface area contributed by atoms with Crippen molar-refractivity contribution in [2.75, 3.05) is 0 Å². The van der Waals surface area contributed by atoms with Gasteiger partial charge in [0.15, 0.2) is 17.5 Å². The second kappa shape index (κ2) is 14.1. The van der Waals surface area contributed by atoms with Crippen LogP contribution in [-0.4, -0.2) is 15.0 Å². The highest BCUT2D eigenvalue weighted by molar-refractivity contribution is 7.20. The van der Waals surface area contributed by atoms with Crippen molar-refractivity contribution in [3.05, 3.63) is 235 Å². The molecule has 0 unspecified atom stereocenters. The summed E-state index contributed by atoms with van der Waals surface area (Å²) in [5, 5.41) is 4.25. The number of aromatic nitrogens is 3. The molecule has 2 aliphatic rings. The quantitative estimate of drug-likeness (QED) is 0.172. The molecule has 316 valence electrons. The largest absolute Gasteiger partial charge is 0.456 e. The second-order valence-corrected chi connectivity index (χ2v) is 18.8. The van der Waals surface area contributed by atoms with Crippen molar-refractivity contribution in [2.24, 2.45) is 0 Å². The van der Waals surface area contributed by atoms with Crippen LogP contribution in [0.2, 0.25) is 0 Å². The third kappa shape index (κ3) is 5.23. The molecule has 0 saturated carbocycles. The molecular weight excluding hydrogens is 851 g/mol. The summed E-state index contributed by atoms with van der Waals surface area (Å²) in [4.78, 5) is 18.2. The Morgan fingerprint density at radius 2 is 0.750 bits per heavy atom. The van der Waals surface area contributed by atoms with Gasteiger partial charge in [-0.1, -0.05) is 176 Å². The van der Waals surface area contributed by atoms with Crippen molar-refractivity contribution >= 4 is 55.2 Å². The van der Waals surface area contributed by atoms with Gasteiger partial charge in [0.2, 0.25) is 0 Å². The molecule has 6 heteroatoms. The summed E-state index contributed by atoms with van der Waals surface area (Å²) in [7, 11) is 0. The van der Waals surface area contributed by atoms with Gasteiger partial charge in [-0.15, -0.1) is 11.3 Å². The van der Waals surface area contributed by atoms with E-state index in [9.17, 15) is 0 Å². The summed E-state index contributed by atoms with van der Waals surface area (Å²) in [5.41, 5.74) is 18.1. The average Bonchev–Trinajstić information content (AvgIpc) is 4.21. The van der Waals surface area contributed by atoms with Crippen LogP contribution in [0.3, 0.4) is 0 Å². The SMILES string of the molecule is c1ccc(-c2sc3c(c2-c2ccc(-c4nc(-c5ccc6c(c5)oc5ccccc56)nc(-c5ccc6c(c5)oc5ccccc56)n4)cc2)C2(c4ccccc4-c4ccccc42)c2ccccc2-3)cc1. The third-order valence-electron chi connectivity index (χ3n) is 14.2. The van der Waals surface area contributed by atoms with Crippen LogP contribution in [0.1, 0.15) is 22.3 Å². The average molecular weight is 886 g/mol. The molecule has 0 radical (unpaired) electrons. The molecule has 0 atom stereocenters. The van der Waals surface area contributed by atoms with Crippen LogP contribution in [0.5, 0.6) is 0 Å². The van der Waals surface area contributed by atoms with Crippen molar-refractivity contribution in [2.45, 2.75) is 5.41 Å². The fourth-order valence-electron chi connectivity index (χ4n) is 11.3. The molecule has 2 aliphatic carbocycles. The summed E-state index contributed by atoms with van der Waals surface area (Å²) < 4.78 is 12.7. The molecule has 1 spiro atoms. The molecule has 0 N–H and O–H groups in total. The smallest absolute Gasteiger partial charge is 0.164 e. The van der Waals surface area contributed by atoms with Crippen LogP contribution in [0, 0.1) is 0 Å². The molecule has 0 bridgehead atoms. The minimum absolute atomic E-state index is 0.490. The van der Waals surface area contributed by atoms with E-state index in [4.69, 9.17) is 23.8 Å². The molecule has 0 amide bonds. The second-order valence-electron chi connectivity index (χ2n) is 17.8. The number of benzene rings is 9. The molecule has 68 heavy (non-hydrogen) atoms. The van der Waals surface area contributed by atoms with E-state index in [0.717, 1.165) is 66.1 Å². The van der Waals surface area contributed by atoms with Crippen molar-refractivity contribution in [1.82, 2.24) is 15.0 Å². The maximum Gasteiger partial charge on any atom is 0.164 e. The van der Waals surface area contributed by atoms with Crippen LogP contribution in [0.4, 0.5) is 0 Å². The summed E-state index contributed by atoms with van der Waals surface area (Å²) in [6.07, 6.45) is 0. The lowest BCUT2D eigenvalue weighted by molar-refractivity contribution is 0.668. The number of rotatable bonds is 5. The highest BCUT2D eigenvalue weighted by Crippen LogP contribution is 2.67. The van der Waals surface area contributed by atoms with Gasteiger partial charge in [-0.2, -0.15) is 0 Å². The molecule has 5 nitrogen and oxygen atoms in total.